The standard InChI is InChI=1S/C37H28N2/c1-3-4-17-31-26(2)38(35-21-8-5-18-32(31)35)29-15-11-13-27(24-29)28-14-12-16-30(25-28)39-36-22-9-6-19-33(36)34-20-7-10-23-37(34)39/h3-25H,1H2,2H3/b17-4-. The maximum atomic E-state index is 3.86. The molecule has 5 aromatic carbocycles. The van der Waals surface area contributed by atoms with Gasteiger partial charge in [-0.05, 0) is 60.5 Å². The minimum absolute atomic E-state index is 1.15. The van der Waals surface area contributed by atoms with Crippen LogP contribution in [0, 0.1) is 6.92 Å². The van der Waals surface area contributed by atoms with Crippen molar-refractivity contribution in [1.82, 2.24) is 9.13 Å². The average Bonchev–Trinajstić information content (AvgIpc) is 3.47. The molecule has 0 fully saturated rings. The SMILES string of the molecule is C=C/C=C\c1c(C)n(-c2cccc(-c3cccc(-n4c5ccccc5c5ccccc54)c3)c2)c2ccccc12. The smallest absolute Gasteiger partial charge is 0.0541 e. The molecular formula is C37H28N2. The summed E-state index contributed by atoms with van der Waals surface area (Å²) in [5.74, 6) is 0. The van der Waals surface area contributed by atoms with Crippen LogP contribution in [0.5, 0.6) is 0 Å². The van der Waals surface area contributed by atoms with Gasteiger partial charge in [0, 0.05) is 38.8 Å². The van der Waals surface area contributed by atoms with E-state index in [1.54, 1.807) is 0 Å². The highest BCUT2D eigenvalue weighted by molar-refractivity contribution is 6.09. The van der Waals surface area contributed by atoms with Crippen LogP contribution in [0.3, 0.4) is 0 Å². The number of nitrogens with zero attached hydrogens (tertiary/aromatic N) is 2. The first kappa shape index (κ1) is 23.1. The maximum absolute atomic E-state index is 3.86. The van der Waals surface area contributed by atoms with Crippen molar-refractivity contribution in [3.63, 3.8) is 0 Å². The van der Waals surface area contributed by atoms with Crippen LogP contribution in [0.2, 0.25) is 0 Å². The van der Waals surface area contributed by atoms with Gasteiger partial charge in [-0.25, -0.2) is 0 Å². The Labute approximate surface area is 228 Å². The summed E-state index contributed by atoms with van der Waals surface area (Å²) in [6.07, 6.45) is 5.99. The Hall–Kier alpha value is -5.08. The van der Waals surface area contributed by atoms with Gasteiger partial charge in [0.15, 0.2) is 0 Å². The predicted octanol–water partition coefficient (Wildman–Crippen LogP) is 9.90. The molecule has 0 saturated heterocycles. The number of benzene rings is 5. The predicted molar refractivity (Wildman–Crippen MR) is 167 cm³/mol. The molecule has 2 heterocycles. The van der Waals surface area contributed by atoms with Crippen LogP contribution < -0.4 is 0 Å². The van der Waals surface area contributed by atoms with Crippen molar-refractivity contribution in [2.45, 2.75) is 6.92 Å². The molecule has 0 bridgehead atoms. The zero-order valence-electron chi connectivity index (χ0n) is 21.9. The monoisotopic (exact) mass is 500 g/mol. The van der Waals surface area contributed by atoms with E-state index in [1.165, 1.54) is 55.1 Å². The second-order valence-electron chi connectivity index (χ2n) is 9.92. The average molecular weight is 501 g/mol. The van der Waals surface area contributed by atoms with Gasteiger partial charge in [-0.2, -0.15) is 0 Å². The van der Waals surface area contributed by atoms with Gasteiger partial charge in [0.2, 0.25) is 0 Å². The molecule has 2 heteroatoms. The lowest BCUT2D eigenvalue weighted by Gasteiger charge is -2.13. The fourth-order valence-corrected chi connectivity index (χ4v) is 5.95. The Morgan fingerprint density at radius 3 is 1.59 bits per heavy atom. The van der Waals surface area contributed by atoms with Crippen LogP contribution in [-0.4, -0.2) is 9.13 Å². The lowest BCUT2D eigenvalue weighted by molar-refractivity contribution is 1.05. The molecular weight excluding hydrogens is 472 g/mol. The van der Waals surface area contributed by atoms with E-state index in [0.29, 0.717) is 0 Å². The summed E-state index contributed by atoms with van der Waals surface area (Å²) >= 11 is 0. The Kier molecular flexibility index (Phi) is 5.53. The molecule has 7 rings (SSSR count). The van der Waals surface area contributed by atoms with E-state index in [1.807, 2.05) is 12.2 Å². The summed E-state index contributed by atoms with van der Waals surface area (Å²) in [7, 11) is 0. The lowest BCUT2D eigenvalue weighted by Crippen LogP contribution is -1.97. The van der Waals surface area contributed by atoms with Crippen molar-refractivity contribution in [1.29, 1.82) is 0 Å². The van der Waals surface area contributed by atoms with E-state index in [2.05, 4.69) is 150 Å². The van der Waals surface area contributed by atoms with Gasteiger partial charge in [0.1, 0.15) is 0 Å². The van der Waals surface area contributed by atoms with Crippen molar-refractivity contribution in [3.8, 4) is 22.5 Å². The quantitative estimate of drug-likeness (QED) is 0.208. The minimum atomic E-state index is 1.15. The Bertz CT molecular complexity index is 1990. The van der Waals surface area contributed by atoms with Gasteiger partial charge < -0.3 is 9.13 Å². The molecule has 0 aliphatic rings. The highest BCUT2D eigenvalue weighted by atomic mass is 15.0. The Morgan fingerprint density at radius 1 is 0.538 bits per heavy atom. The number of para-hydroxylation sites is 3. The third-order valence-corrected chi connectivity index (χ3v) is 7.68. The van der Waals surface area contributed by atoms with E-state index < -0.39 is 0 Å². The molecule has 0 aliphatic heterocycles. The van der Waals surface area contributed by atoms with Crippen molar-refractivity contribution < 1.29 is 0 Å². The van der Waals surface area contributed by atoms with Crippen LogP contribution in [0.25, 0.3) is 61.3 Å². The molecule has 0 atom stereocenters. The third-order valence-electron chi connectivity index (χ3n) is 7.68. The van der Waals surface area contributed by atoms with Gasteiger partial charge in [-0.15, -0.1) is 0 Å². The first-order chi connectivity index (χ1) is 19.2. The summed E-state index contributed by atoms with van der Waals surface area (Å²) in [4.78, 5) is 0. The molecule has 39 heavy (non-hydrogen) atoms. The van der Waals surface area contributed by atoms with Crippen LogP contribution in [-0.2, 0) is 0 Å². The highest BCUT2D eigenvalue weighted by Gasteiger charge is 2.15. The Morgan fingerprint density at radius 2 is 1.03 bits per heavy atom. The number of fused-ring (bicyclic) bond motifs is 4. The fourth-order valence-electron chi connectivity index (χ4n) is 5.95. The van der Waals surface area contributed by atoms with E-state index in [0.717, 1.165) is 11.4 Å². The van der Waals surface area contributed by atoms with E-state index >= 15 is 0 Å². The normalized spacial score (nSPS) is 11.7. The number of rotatable bonds is 5. The van der Waals surface area contributed by atoms with Gasteiger partial charge in [0.05, 0.1) is 16.6 Å². The summed E-state index contributed by atoms with van der Waals surface area (Å²) in [5.41, 5.74) is 10.8. The van der Waals surface area contributed by atoms with Crippen molar-refractivity contribution >= 4 is 38.8 Å². The maximum Gasteiger partial charge on any atom is 0.0541 e. The number of hydrogen-bond acceptors (Lipinski definition) is 0. The fraction of sp³-hybridized carbons (Fsp3) is 0.0270. The minimum Gasteiger partial charge on any atom is -0.313 e. The van der Waals surface area contributed by atoms with Crippen LogP contribution in [0.4, 0.5) is 0 Å². The van der Waals surface area contributed by atoms with E-state index in [4.69, 9.17) is 0 Å². The molecule has 186 valence electrons. The number of allylic oxidation sites excluding steroid dienone is 2. The van der Waals surface area contributed by atoms with E-state index in [-0.39, 0.29) is 0 Å². The molecule has 0 amide bonds. The first-order valence-electron chi connectivity index (χ1n) is 13.3. The summed E-state index contributed by atoms with van der Waals surface area (Å²) < 4.78 is 4.73. The third kappa shape index (κ3) is 3.72. The van der Waals surface area contributed by atoms with Crippen LogP contribution >= 0.6 is 0 Å². The second kappa shape index (κ2) is 9.34. The number of hydrogen-bond donors (Lipinski definition) is 0. The summed E-state index contributed by atoms with van der Waals surface area (Å²) in [6.45, 7) is 6.05. The van der Waals surface area contributed by atoms with E-state index in [9.17, 15) is 0 Å². The molecule has 0 aliphatic carbocycles. The first-order valence-corrected chi connectivity index (χ1v) is 13.3. The van der Waals surface area contributed by atoms with Crippen molar-refractivity contribution in [2.24, 2.45) is 0 Å². The van der Waals surface area contributed by atoms with Gasteiger partial charge in [-0.3, -0.25) is 0 Å². The second-order valence-corrected chi connectivity index (χ2v) is 9.92. The molecule has 0 N–H and O–H groups in total. The number of aromatic nitrogens is 2. The summed E-state index contributed by atoms with van der Waals surface area (Å²) in [6, 6.07) is 43.6. The van der Waals surface area contributed by atoms with Gasteiger partial charge in [0.25, 0.3) is 0 Å². The molecule has 0 unspecified atom stereocenters. The van der Waals surface area contributed by atoms with Crippen molar-refractivity contribution in [3.05, 3.63) is 151 Å². The Balaban J connectivity index is 1.39. The van der Waals surface area contributed by atoms with Crippen molar-refractivity contribution in [2.75, 3.05) is 0 Å². The molecule has 0 spiro atoms. The molecule has 2 nitrogen and oxygen atoms in total. The largest absolute Gasteiger partial charge is 0.313 e. The highest BCUT2D eigenvalue weighted by Crippen LogP contribution is 2.35. The van der Waals surface area contributed by atoms with Gasteiger partial charge in [-0.1, -0.05) is 104 Å². The topological polar surface area (TPSA) is 9.86 Å². The van der Waals surface area contributed by atoms with Gasteiger partial charge >= 0.3 is 0 Å². The molecule has 7 aromatic rings. The summed E-state index contributed by atoms with van der Waals surface area (Å²) in [5, 5.41) is 3.79. The molecule has 0 saturated carbocycles. The zero-order valence-corrected chi connectivity index (χ0v) is 21.9. The zero-order chi connectivity index (χ0) is 26.3. The van der Waals surface area contributed by atoms with Crippen LogP contribution in [0.1, 0.15) is 11.3 Å². The molecule has 0 radical (unpaired) electrons. The van der Waals surface area contributed by atoms with Crippen LogP contribution in [0.15, 0.2) is 140 Å². The molecule has 2 aromatic heterocycles. The lowest BCUT2D eigenvalue weighted by atomic mass is 10.0.